The lowest BCUT2D eigenvalue weighted by molar-refractivity contribution is 0.222. The highest BCUT2D eigenvalue weighted by Gasteiger charge is 2.42. The maximum atomic E-state index is 5.47. The number of aliphatic imine (C=N–C) groups is 2. The highest BCUT2D eigenvalue weighted by atomic mass is 15.3. The fourth-order valence-electron chi connectivity index (χ4n) is 8.61. The predicted octanol–water partition coefficient (Wildman–Crippen LogP) is 7.32. The summed E-state index contributed by atoms with van der Waals surface area (Å²) in [4.78, 5) is 10.3. The third kappa shape index (κ3) is 5.02. The van der Waals surface area contributed by atoms with E-state index in [0.29, 0.717) is 41.4 Å². The van der Waals surface area contributed by atoms with E-state index >= 15 is 0 Å². The molecule has 4 heteroatoms. The van der Waals surface area contributed by atoms with Crippen molar-refractivity contribution in [1.29, 1.82) is 0 Å². The van der Waals surface area contributed by atoms with Gasteiger partial charge in [0.05, 0.1) is 6.17 Å². The summed E-state index contributed by atoms with van der Waals surface area (Å²) < 4.78 is 0. The average Bonchev–Trinajstić information content (AvgIpc) is 3.04. The summed E-state index contributed by atoms with van der Waals surface area (Å²) >= 11 is 0. The Morgan fingerprint density at radius 1 is 0.786 bits per heavy atom. The van der Waals surface area contributed by atoms with Gasteiger partial charge >= 0.3 is 0 Å². The van der Waals surface area contributed by atoms with Crippen molar-refractivity contribution < 1.29 is 0 Å². The van der Waals surface area contributed by atoms with Crippen molar-refractivity contribution in [3.05, 3.63) is 108 Å². The van der Waals surface area contributed by atoms with Crippen LogP contribution in [0.15, 0.2) is 118 Å². The highest BCUT2D eigenvalue weighted by molar-refractivity contribution is 6.05. The van der Waals surface area contributed by atoms with E-state index in [1.165, 1.54) is 42.0 Å². The number of nitrogens with zero attached hydrogens (tertiary/aromatic N) is 2. The third-order valence-corrected chi connectivity index (χ3v) is 10.9. The number of hydrogen-bond acceptors (Lipinski definition) is 4. The minimum absolute atomic E-state index is 0.000465. The molecule has 6 aliphatic carbocycles. The Labute approximate surface area is 251 Å². The highest BCUT2D eigenvalue weighted by Crippen LogP contribution is 2.50. The van der Waals surface area contributed by atoms with Gasteiger partial charge in [-0.15, -0.1) is 0 Å². The zero-order chi connectivity index (χ0) is 27.9. The molecule has 0 aromatic rings. The van der Waals surface area contributed by atoms with E-state index in [0.717, 1.165) is 38.6 Å². The molecular formula is C38H44N4. The van der Waals surface area contributed by atoms with Crippen LogP contribution in [-0.4, -0.2) is 30.4 Å². The lowest BCUT2D eigenvalue weighted by Crippen LogP contribution is -2.59. The van der Waals surface area contributed by atoms with Crippen molar-refractivity contribution in [2.45, 2.75) is 63.7 Å². The smallest absolute Gasteiger partial charge is 0.125 e. The van der Waals surface area contributed by atoms with Gasteiger partial charge in [-0.25, -0.2) is 4.99 Å². The summed E-state index contributed by atoms with van der Waals surface area (Å²) in [6.45, 7) is 0.964. The van der Waals surface area contributed by atoms with E-state index in [9.17, 15) is 0 Å². The molecule has 0 amide bonds. The molecule has 9 unspecified atom stereocenters. The molecule has 0 aromatic heterocycles. The molecule has 0 saturated heterocycles. The second kappa shape index (κ2) is 11.4. The van der Waals surface area contributed by atoms with Crippen molar-refractivity contribution in [2.24, 2.45) is 51.4 Å². The van der Waals surface area contributed by atoms with Crippen LogP contribution in [0.3, 0.4) is 0 Å². The SMILES string of the molecule is C1=CCC(C2NC(C3CC=CCC3)=NC(C3=CC(C4=NCC4)=CC(C4C=C5C=CCCC5C5C=CC=CC45)C3)N2)C=C1. The summed E-state index contributed by atoms with van der Waals surface area (Å²) in [6.07, 6.45) is 45.2. The zero-order valence-corrected chi connectivity index (χ0v) is 24.6. The molecule has 8 rings (SSSR count). The molecule has 0 fully saturated rings. The van der Waals surface area contributed by atoms with Crippen LogP contribution in [-0.2, 0) is 0 Å². The van der Waals surface area contributed by atoms with Crippen molar-refractivity contribution in [3.8, 4) is 0 Å². The molecule has 8 aliphatic rings. The zero-order valence-electron chi connectivity index (χ0n) is 24.6. The maximum Gasteiger partial charge on any atom is 0.125 e. The van der Waals surface area contributed by atoms with E-state index in [4.69, 9.17) is 9.98 Å². The molecule has 216 valence electrons. The summed E-state index contributed by atoms with van der Waals surface area (Å²) in [6, 6.07) is 0. The van der Waals surface area contributed by atoms with Gasteiger partial charge in [-0.05, 0) is 91.3 Å². The van der Waals surface area contributed by atoms with E-state index in [1.807, 2.05) is 0 Å². The predicted molar refractivity (Wildman–Crippen MR) is 174 cm³/mol. The molecule has 0 bridgehead atoms. The van der Waals surface area contributed by atoms with E-state index in [1.54, 1.807) is 5.57 Å². The Bertz CT molecular complexity index is 1420. The Morgan fingerprint density at radius 2 is 1.67 bits per heavy atom. The van der Waals surface area contributed by atoms with Crippen LogP contribution in [0.5, 0.6) is 0 Å². The van der Waals surface area contributed by atoms with Gasteiger partial charge in [0, 0.05) is 30.5 Å². The first-order chi connectivity index (χ1) is 20.8. The Hall–Kier alpha value is -3.24. The molecule has 9 atom stereocenters. The standard InChI is InChI=1S/C38H44N4/c1-3-11-25(12-4-1)36-40-37(26-13-5-2-6-14-26)42-38(41-36)30-22-28(21-29(23-30)35-19-20-39-35)34-24-27-15-7-8-16-31(27)32-17-9-10-18-33(32)34/h1-5,7,9-11,15,17-18,21,23-26,28,31-34,36,38,41H,6,8,12-14,16,19-20,22H2,(H,40,42). The second-order valence-electron chi connectivity index (χ2n) is 13.4. The number of amidine groups is 1. The summed E-state index contributed by atoms with van der Waals surface area (Å²) in [7, 11) is 0. The largest absolute Gasteiger partial charge is 0.358 e. The van der Waals surface area contributed by atoms with Crippen LogP contribution in [0, 0.1) is 41.4 Å². The molecule has 2 heterocycles. The molecule has 4 nitrogen and oxygen atoms in total. The minimum Gasteiger partial charge on any atom is -0.358 e. The van der Waals surface area contributed by atoms with Crippen LogP contribution in [0.1, 0.15) is 51.4 Å². The maximum absolute atomic E-state index is 5.47. The molecule has 0 radical (unpaired) electrons. The van der Waals surface area contributed by atoms with Crippen molar-refractivity contribution in [3.63, 3.8) is 0 Å². The Balaban J connectivity index is 1.14. The molecular weight excluding hydrogens is 512 g/mol. The van der Waals surface area contributed by atoms with E-state index < -0.39 is 0 Å². The lowest BCUT2D eigenvalue weighted by Gasteiger charge is -2.45. The average molecular weight is 557 g/mol. The monoisotopic (exact) mass is 556 g/mol. The van der Waals surface area contributed by atoms with Gasteiger partial charge < -0.3 is 5.32 Å². The van der Waals surface area contributed by atoms with Gasteiger partial charge in [-0.3, -0.25) is 10.3 Å². The fourth-order valence-corrected chi connectivity index (χ4v) is 8.61. The third-order valence-electron chi connectivity index (χ3n) is 10.9. The number of fused-ring (bicyclic) bond motifs is 3. The molecule has 0 saturated carbocycles. The van der Waals surface area contributed by atoms with Gasteiger partial charge in [-0.1, -0.05) is 91.1 Å². The first-order valence-corrected chi connectivity index (χ1v) is 16.6. The number of hydrogen-bond donors (Lipinski definition) is 2. The van der Waals surface area contributed by atoms with Crippen LogP contribution in [0.4, 0.5) is 0 Å². The van der Waals surface area contributed by atoms with Crippen molar-refractivity contribution >= 4 is 11.5 Å². The number of rotatable bonds is 5. The van der Waals surface area contributed by atoms with Crippen LogP contribution in [0.25, 0.3) is 0 Å². The summed E-state index contributed by atoms with van der Waals surface area (Å²) in [5.41, 5.74) is 5.65. The van der Waals surface area contributed by atoms with Gasteiger partial charge in [0.25, 0.3) is 0 Å². The van der Waals surface area contributed by atoms with Gasteiger partial charge in [0.1, 0.15) is 12.0 Å². The lowest BCUT2D eigenvalue weighted by atomic mass is 9.59. The molecule has 0 aromatic carbocycles. The van der Waals surface area contributed by atoms with Crippen LogP contribution >= 0.6 is 0 Å². The summed E-state index contributed by atoms with van der Waals surface area (Å²) in [5.74, 6) is 4.87. The Kier molecular flexibility index (Phi) is 7.19. The van der Waals surface area contributed by atoms with Crippen LogP contribution < -0.4 is 10.6 Å². The van der Waals surface area contributed by atoms with Gasteiger partial charge in [-0.2, -0.15) is 0 Å². The quantitative estimate of drug-likeness (QED) is 0.349. The van der Waals surface area contributed by atoms with E-state index in [-0.39, 0.29) is 12.3 Å². The topological polar surface area (TPSA) is 48.8 Å². The van der Waals surface area contributed by atoms with Crippen molar-refractivity contribution in [1.82, 2.24) is 10.6 Å². The second-order valence-corrected chi connectivity index (χ2v) is 13.4. The normalized spacial score (nSPS) is 40.0. The Morgan fingerprint density at radius 3 is 2.48 bits per heavy atom. The molecule has 2 N–H and O–H groups in total. The molecule has 2 aliphatic heterocycles. The first kappa shape index (κ1) is 26.4. The van der Waals surface area contributed by atoms with Crippen molar-refractivity contribution in [2.75, 3.05) is 6.54 Å². The summed E-state index contributed by atoms with van der Waals surface area (Å²) in [5, 5.41) is 7.88. The molecule has 42 heavy (non-hydrogen) atoms. The first-order valence-electron chi connectivity index (χ1n) is 16.6. The van der Waals surface area contributed by atoms with E-state index in [2.05, 4.69) is 102 Å². The minimum atomic E-state index is -0.000465. The van der Waals surface area contributed by atoms with Gasteiger partial charge in [0.15, 0.2) is 0 Å². The van der Waals surface area contributed by atoms with Crippen LogP contribution in [0.2, 0.25) is 0 Å². The number of allylic oxidation sites excluding steroid dienone is 16. The fraction of sp³-hybridized carbons (Fsp3) is 0.474. The molecule has 0 spiro atoms. The number of nitrogens with one attached hydrogen (secondary N) is 2. The van der Waals surface area contributed by atoms with Gasteiger partial charge in [0.2, 0.25) is 0 Å².